The molecule has 0 heterocycles. The minimum atomic E-state index is -1.17. The molecule has 1 N–H and O–H groups in total. The van der Waals surface area contributed by atoms with Gasteiger partial charge >= 0.3 is 0 Å². The van der Waals surface area contributed by atoms with Gasteiger partial charge in [-0.1, -0.05) is 47.1 Å². The summed E-state index contributed by atoms with van der Waals surface area (Å²) in [6, 6.07) is 0. The van der Waals surface area contributed by atoms with Crippen molar-refractivity contribution in [3.63, 3.8) is 0 Å². The highest BCUT2D eigenvalue weighted by Gasteiger charge is 2.61. The summed E-state index contributed by atoms with van der Waals surface area (Å²) >= 11 is 0. The van der Waals surface area contributed by atoms with Crippen LogP contribution in [-0.4, -0.2) is 16.5 Å². The Morgan fingerprint density at radius 3 is 2.50 bits per heavy atom. The fourth-order valence-corrected chi connectivity index (χ4v) is 5.96. The zero-order chi connectivity index (χ0) is 16.3. The van der Waals surface area contributed by atoms with E-state index in [-0.39, 0.29) is 22.5 Å². The van der Waals surface area contributed by atoms with Crippen LogP contribution in [0.5, 0.6) is 0 Å². The van der Waals surface area contributed by atoms with Gasteiger partial charge in [0, 0.05) is 11.0 Å². The van der Waals surface area contributed by atoms with E-state index in [9.17, 15) is 9.90 Å². The summed E-state index contributed by atoms with van der Waals surface area (Å²) in [6.45, 7) is 11.0. The van der Waals surface area contributed by atoms with Gasteiger partial charge < -0.3 is 5.11 Å². The van der Waals surface area contributed by atoms with Crippen LogP contribution in [0.3, 0.4) is 0 Å². The van der Waals surface area contributed by atoms with Gasteiger partial charge in [-0.15, -0.1) is 0 Å². The zero-order valence-electron chi connectivity index (χ0n) is 14.9. The lowest BCUT2D eigenvalue weighted by Gasteiger charge is -2.57. The van der Waals surface area contributed by atoms with Crippen LogP contribution in [0.2, 0.25) is 0 Å². The van der Waals surface area contributed by atoms with Crippen molar-refractivity contribution in [2.75, 3.05) is 0 Å². The first-order chi connectivity index (χ1) is 10.1. The van der Waals surface area contributed by atoms with Crippen LogP contribution in [0, 0.1) is 28.6 Å². The fourth-order valence-electron chi connectivity index (χ4n) is 5.96. The second-order valence-corrected chi connectivity index (χ2v) is 9.15. The summed E-state index contributed by atoms with van der Waals surface area (Å²) in [5, 5.41) is 11.6. The van der Waals surface area contributed by atoms with Gasteiger partial charge in [0.2, 0.25) is 0 Å². The van der Waals surface area contributed by atoms with Gasteiger partial charge in [0.1, 0.15) is 5.60 Å². The molecule has 0 aromatic rings. The van der Waals surface area contributed by atoms with Crippen molar-refractivity contribution in [3.05, 3.63) is 11.6 Å². The van der Waals surface area contributed by atoms with Crippen LogP contribution in [-0.2, 0) is 4.79 Å². The molecule has 0 saturated heterocycles. The number of carbonyl (C=O) groups is 1. The van der Waals surface area contributed by atoms with Crippen molar-refractivity contribution in [2.24, 2.45) is 28.6 Å². The van der Waals surface area contributed by atoms with Crippen LogP contribution in [0.1, 0.15) is 73.1 Å². The first-order valence-electron chi connectivity index (χ1n) is 9.12. The number of carbonyl (C=O) groups excluding carboxylic acids is 1. The molecular weight excluding hydrogens is 272 g/mol. The van der Waals surface area contributed by atoms with Crippen molar-refractivity contribution >= 4 is 5.78 Å². The zero-order valence-corrected chi connectivity index (χ0v) is 14.9. The van der Waals surface area contributed by atoms with Crippen molar-refractivity contribution in [1.82, 2.24) is 0 Å². The number of rotatable bonds is 0. The SMILES string of the molecule is C[C@@H]1CC=C2C(=O)[C@]3(O)[C@H](C)CCC[C@@]3(C)CC[C@@H]1C2(C)C. The first kappa shape index (κ1) is 16.2. The predicted octanol–water partition coefficient (Wildman–Crippen LogP) is 4.52. The Kier molecular flexibility index (Phi) is 3.64. The second kappa shape index (κ2) is 4.93. The van der Waals surface area contributed by atoms with Gasteiger partial charge in [-0.2, -0.15) is 0 Å². The minimum Gasteiger partial charge on any atom is -0.381 e. The van der Waals surface area contributed by atoms with E-state index in [0.29, 0.717) is 11.8 Å². The van der Waals surface area contributed by atoms with Gasteiger partial charge in [0.05, 0.1) is 0 Å². The Morgan fingerprint density at radius 2 is 1.82 bits per heavy atom. The predicted molar refractivity (Wildman–Crippen MR) is 89.4 cm³/mol. The Balaban J connectivity index is 2.15. The van der Waals surface area contributed by atoms with E-state index in [2.05, 4.69) is 40.7 Å². The average molecular weight is 304 g/mol. The number of aliphatic hydroxyl groups is 1. The summed E-state index contributed by atoms with van der Waals surface area (Å²) in [6.07, 6.45) is 8.32. The van der Waals surface area contributed by atoms with Crippen molar-refractivity contribution in [2.45, 2.75) is 78.7 Å². The molecule has 2 saturated carbocycles. The topological polar surface area (TPSA) is 37.3 Å². The maximum atomic E-state index is 13.5. The molecule has 0 aromatic carbocycles. The van der Waals surface area contributed by atoms with Crippen LogP contribution in [0.15, 0.2) is 11.6 Å². The Labute approximate surface area is 135 Å². The first-order valence-corrected chi connectivity index (χ1v) is 9.12. The molecule has 0 aliphatic heterocycles. The largest absolute Gasteiger partial charge is 0.381 e. The second-order valence-electron chi connectivity index (χ2n) is 9.15. The molecule has 0 aromatic heterocycles. The van der Waals surface area contributed by atoms with Crippen LogP contribution < -0.4 is 0 Å². The molecule has 2 nitrogen and oxygen atoms in total. The molecule has 2 fully saturated rings. The van der Waals surface area contributed by atoms with Gasteiger partial charge in [0.25, 0.3) is 0 Å². The standard InChI is InChI=1S/C20H32O2/c1-13-8-9-16-17(21)20(22)14(2)7-6-11-19(20,5)12-10-15(13)18(16,3)4/h9,13-15,22H,6-8,10-12H2,1-5H3/t13-,14-,15+,19+,20-/m1/s1. The molecule has 0 amide bonds. The fraction of sp³-hybridized carbons (Fsp3) is 0.850. The normalized spacial score (nSPS) is 48.0. The van der Waals surface area contributed by atoms with Gasteiger partial charge in [0.15, 0.2) is 5.78 Å². The molecule has 124 valence electrons. The molecule has 2 bridgehead atoms. The lowest BCUT2D eigenvalue weighted by Crippen LogP contribution is -2.62. The Morgan fingerprint density at radius 1 is 1.14 bits per heavy atom. The summed E-state index contributed by atoms with van der Waals surface area (Å²) in [7, 11) is 0. The molecule has 3 aliphatic carbocycles. The van der Waals surface area contributed by atoms with Crippen LogP contribution in [0.4, 0.5) is 0 Å². The van der Waals surface area contributed by atoms with E-state index in [1.165, 1.54) is 0 Å². The summed E-state index contributed by atoms with van der Waals surface area (Å²) < 4.78 is 0. The number of ketones is 1. The van der Waals surface area contributed by atoms with Gasteiger partial charge in [-0.3, -0.25) is 4.79 Å². The van der Waals surface area contributed by atoms with Crippen LogP contribution in [0.25, 0.3) is 0 Å². The quantitative estimate of drug-likeness (QED) is 0.714. The lowest BCUT2D eigenvalue weighted by molar-refractivity contribution is -0.175. The maximum absolute atomic E-state index is 13.5. The maximum Gasteiger partial charge on any atom is 0.191 e. The minimum absolute atomic E-state index is 0.0452. The van der Waals surface area contributed by atoms with E-state index in [0.717, 1.165) is 44.1 Å². The van der Waals surface area contributed by atoms with Crippen molar-refractivity contribution in [1.29, 1.82) is 0 Å². The molecule has 22 heavy (non-hydrogen) atoms. The molecule has 3 rings (SSSR count). The highest BCUT2D eigenvalue weighted by Crippen LogP contribution is 2.58. The van der Waals surface area contributed by atoms with Crippen LogP contribution >= 0.6 is 0 Å². The smallest absolute Gasteiger partial charge is 0.191 e. The third kappa shape index (κ3) is 1.92. The Hall–Kier alpha value is -0.630. The molecule has 3 aliphatic rings. The van der Waals surface area contributed by atoms with E-state index < -0.39 is 5.60 Å². The third-order valence-electron chi connectivity index (χ3n) is 7.60. The number of allylic oxidation sites excluding steroid dienone is 1. The lowest BCUT2D eigenvalue weighted by atomic mass is 9.49. The summed E-state index contributed by atoms with van der Waals surface area (Å²) in [4.78, 5) is 13.5. The van der Waals surface area contributed by atoms with Gasteiger partial charge in [-0.25, -0.2) is 0 Å². The molecule has 0 spiro atoms. The third-order valence-corrected chi connectivity index (χ3v) is 7.60. The molecule has 5 atom stereocenters. The van der Waals surface area contributed by atoms with Gasteiger partial charge in [-0.05, 0) is 55.3 Å². The molecule has 2 heteroatoms. The summed E-state index contributed by atoms with van der Waals surface area (Å²) in [5.74, 6) is 1.28. The highest BCUT2D eigenvalue weighted by molar-refractivity contribution is 6.04. The number of Topliss-reactive ketones (excluding diaryl/α,β-unsaturated/α-hetero) is 1. The average Bonchev–Trinajstić information content (AvgIpc) is 2.42. The van der Waals surface area contributed by atoms with Crippen molar-refractivity contribution < 1.29 is 9.90 Å². The van der Waals surface area contributed by atoms with Crippen molar-refractivity contribution in [3.8, 4) is 0 Å². The summed E-state index contributed by atoms with van der Waals surface area (Å²) in [5.41, 5.74) is -0.618. The molecule has 0 radical (unpaired) electrons. The number of fused-ring (bicyclic) bond motifs is 3. The highest BCUT2D eigenvalue weighted by atomic mass is 16.3. The van der Waals surface area contributed by atoms with E-state index in [4.69, 9.17) is 0 Å². The number of hydrogen-bond donors (Lipinski definition) is 1. The van der Waals surface area contributed by atoms with E-state index >= 15 is 0 Å². The van der Waals surface area contributed by atoms with E-state index in [1.807, 2.05) is 0 Å². The molecule has 0 unspecified atom stereocenters. The monoisotopic (exact) mass is 304 g/mol. The molecular formula is C20H32O2. The number of hydrogen-bond acceptors (Lipinski definition) is 2. The van der Waals surface area contributed by atoms with E-state index in [1.54, 1.807) is 0 Å². The Bertz CT molecular complexity index is 518.